The fourth-order valence-corrected chi connectivity index (χ4v) is 3.68. The van der Waals surface area contributed by atoms with Gasteiger partial charge < -0.3 is 0 Å². The van der Waals surface area contributed by atoms with Gasteiger partial charge in [-0.15, -0.1) is 0 Å². The van der Waals surface area contributed by atoms with E-state index in [0.29, 0.717) is 0 Å². The molecule has 1 aliphatic heterocycles. The van der Waals surface area contributed by atoms with Gasteiger partial charge in [0.2, 0.25) is 0 Å². The first-order valence-corrected chi connectivity index (χ1v) is 8.94. The van der Waals surface area contributed by atoms with Crippen LogP contribution in [-0.2, 0) is 6.42 Å². The third-order valence-corrected chi connectivity index (χ3v) is 5.30. The van der Waals surface area contributed by atoms with Crippen LogP contribution in [0.5, 0.6) is 0 Å². The second-order valence-corrected chi connectivity index (χ2v) is 7.44. The molecule has 0 amide bonds. The van der Waals surface area contributed by atoms with Gasteiger partial charge in [0.25, 0.3) is 0 Å². The zero-order valence-electron chi connectivity index (χ0n) is 12.8. The van der Waals surface area contributed by atoms with E-state index in [1.54, 1.807) is 0 Å². The van der Waals surface area contributed by atoms with Crippen LogP contribution in [0.15, 0.2) is 53.5 Å². The third-order valence-electron chi connectivity index (χ3n) is 4.65. The summed E-state index contributed by atoms with van der Waals surface area (Å²) in [4.78, 5) is 6.17. The van der Waals surface area contributed by atoms with Gasteiger partial charge in [0.05, 0.1) is 11.8 Å². The van der Waals surface area contributed by atoms with Gasteiger partial charge in [0.15, 0.2) is 0 Å². The lowest BCUT2D eigenvalue weighted by Gasteiger charge is -2.12. The first-order chi connectivity index (χ1) is 11.2. The number of fused-ring (bicyclic) bond motifs is 1. The minimum Gasteiger partial charge on any atom is -0.275 e. The zero-order valence-corrected chi connectivity index (χ0v) is 14.4. The number of rotatable bonds is 3. The molecule has 3 heteroatoms. The lowest BCUT2D eigenvalue weighted by Crippen LogP contribution is -2.19. The summed E-state index contributed by atoms with van der Waals surface area (Å²) in [5.74, 6) is 0.809. The Labute approximate surface area is 147 Å². The average Bonchev–Trinajstić information content (AvgIpc) is 3.38. The monoisotopic (exact) mass is 339 g/mol. The molecule has 0 saturated heterocycles. The largest absolute Gasteiger partial charge is 0.275 e. The Morgan fingerprint density at radius 1 is 1.09 bits per heavy atom. The van der Waals surface area contributed by atoms with Gasteiger partial charge >= 0.3 is 0 Å². The molecular formula is C20H18ClNS. The molecule has 1 atom stereocenters. The fraction of sp³-hybridized carbons (Fsp3) is 0.300. The summed E-state index contributed by atoms with van der Waals surface area (Å²) in [7, 11) is 0. The Morgan fingerprint density at radius 3 is 2.61 bits per heavy atom. The molecule has 0 spiro atoms. The van der Waals surface area contributed by atoms with E-state index in [-0.39, 0.29) is 6.04 Å². The van der Waals surface area contributed by atoms with Crippen molar-refractivity contribution in [3.63, 3.8) is 0 Å². The molecule has 0 aromatic heterocycles. The Morgan fingerprint density at radius 2 is 1.87 bits per heavy atom. The summed E-state index contributed by atoms with van der Waals surface area (Å²) < 4.78 is 0. The van der Waals surface area contributed by atoms with Gasteiger partial charge in [-0.25, -0.2) is 0 Å². The van der Waals surface area contributed by atoms with E-state index in [1.165, 1.54) is 18.4 Å². The minimum atomic E-state index is 0.152. The number of nitrogens with zero attached hydrogens (tertiary/aromatic N) is 1. The highest BCUT2D eigenvalue weighted by atomic mass is 35.5. The van der Waals surface area contributed by atoms with Gasteiger partial charge in [-0.2, -0.15) is 0 Å². The molecule has 0 unspecified atom stereocenters. The van der Waals surface area contributed by atoms with E-state index in [9.17, 15) is 0 Å². The topological polar surface area (TPSA) is 12.4 Å². The summed E-state index contributed by atoms with van der Waals surface area (Å²) in [6.07, 6.45) is 4.57. The van der Waals surface area contributed by atoms with Crippen LogP contribution in [0.1, 0.15) is 36.0 Å². The molecule has 0 radical (unpaired) electrons. The van der Waals surface area contributed by atoms with Crippen molar-refractivity contribution in [1.29, 1.82) is 0 Å². The van der Waals surface area contributed by atoms with Crippen LogP contribution in [0.4, 0.5) is 0 Å². The van der Waals surface area contributed by atoms with Crippen molar-refractivity contribution in [3.8, 4) is 0 Å². The molecule has 1 heterocycles. The quantitative estimate of drug-likeness (QED) is 0.694. The number of halogens is 1. The molecule has 2 aromatic rings. The number of hydrogen-bond donors (Lipinski definition) is 0. The number of thiocarbonyl (C=S) groups is 1. The van der Waals surface area contributed by atoms with E-state index in [4.69, 9.17) is 28.8 Å². The van der Waals surface area contributed by atoms with Gasteiger partial charge in [0.1, 0.15) is 0 Å². The molecule has 116 valence electrons. The van der Waals surface area contributed by atoms with Crippen molar-refractivity contribution in [2.24, 2.45) is 10.9 Å². The summed E-state index contributed by atoms with van der Waals surface area (Å²) in [6, 6.07) is 16.6. The van der Waals surface area contributed by atoms with Crippen LogP contribution in [0.3, 0.4) is 0 Å². The highest BCUT2D eigenvalue weighted by molar-refractivity contribution is 7.80. The number of aliphatic imine (C=N–C) groups is 1. The van der Waals surface area contributed by atoms with Gasteiger partial charge in [-0.1, -0.05) is 73.1 Å². The Bertz CT molecular complexity index is 777. The van der Waals surface area contributed by atoms with E-state index < -0.39 is 0 Å². The maximum absolute atomic E-state index is 6.26. The summed E-state index contributed by atoms with van der Waals surface area (Å²) in [5, 5.41) is 0.749. The van der Waals surface area contributed by atoms with Crippen LogP contribution in [0, 0.1) is 5.92 Å². The van der Waals surface area contributed by atoms with E-state index >= 15 is 0 Å². The Hall–Kier alpha value is -1.51. The number of benzene rings is 2. The van der Waals surface area contributed by atoms with Crippen LogP contribution in [-0.4, -0.2) is 16.6 Å². The lowest BCUT2D eigenvalue weighted by molar-refractivity contribution is 0.680. The predicted molar refractivity (Wildman–Crippen MR) is 101 cm³/mol. The van der Waals surface area contributed by atoms with Crippen LogP contribution >= 0.6 is 23.8 Å². The van der Waals surface area contributed by atoms with Crippen molar-refractivity contribution in [2.75, 3.05) is 0 Å². The summed E-state index contributed by atoms with van der Waals surface area (Å²) >= 11 is 12.0. The highest BCUT2D eigenvalue weighted by Crippen LogP contribution is 2.36. The Balaban J connectivity index is 1.85. The van der Waals surface area contributed by atoms with Gasteiger partial charge in [-0.3, -0.25) is 4.99 Å². The SMILES string of the molecule is S=C1Cc2ccc(Cl)cc2C(c2ccccc2)=N[C@H]1CC1CC1. The predicted octanol–water partition coefficient (Wildman–Crippen LogP) is 5.27. The zero-order chi connectivity index (χ0) is 15.8. The molecule has 1 aliphatic carbocycles. The molecule has 2 aromatic carbocycles. The highest BCUT2D eigenvalue weighted by Gasteiger charge is 2.30. The standard InChI is InChI=1S/C20H18ClNS/c21-16-9-8-15-11-19(23)18(10-13-6-7-13)22-20(17(15)12-16)14-4-2-1-3-5-14/h1-5,8-9,12-13,18H,6-7,10-11H2/t18-/m0/s1. The normalized spacial score (nSPS) is 20.7. The molecule has 0 bridgehead atoms. The summed E-state index contributed by atoms with van der Waals surface area (Å²) in [5.41, 5.74) is 4.54. The second-order valence-electron chi connectivity index (χ2n) is 6.48. The molecule has 0 N–H and O–H groups in total. The third kappa shape index (κ3) is 3.24. The first kappa shape index (κ1) is 15.0. The first-order valence-electron chi connectivity index (χ1n) is 8.15. The molecule has 1 nitrogen and oxygen atoms in total. The molecule has 4 rings (SSSR count). The molecular weight excluding hydrogens is 322 g/mol. The van der Waals surface area contributed by atoms with E-state index in [0.717, 1.165) is 45.5 Å². The number of hydrogen-bond acceptors (Lipinski definition) is 2. The second kappa shape index (κ2) is 6.18. The summed E-state index contributed by atoms with van der Waals surface area (Å²) in [6.45, 7) is 0. The van der Waals surface area contributed by atoms with Crippen molar-refractivity contribution in [2.45, 2.75) is 31.7 Å². The van der Waals surface area contributed by atoms with Crippen LogP contribution < -0.4 is 0 Å². The van der Waals surface area contributed by atoms with Crippen molar-refractivity contribution >= 4 is 34.4 Å². The minimum absolute atomic E-state index is 0.152. The maximum Gasteiger partial charge on any atom is 0.0824 e. The van der Waals surface area contributed by atoms with Gasteiger partial charge in [0, 0.05) is 27.4 Å². The molecule has 23 heavy (non-hydrogen) atoms. The Kier molecular flexibility index (Phi) is 4.04. The van der Waals surface area contributed by atoms with Crippen LogP contribution in [0.2, 0.25) is 5.02 Å². The molecule has 1 fully saturated rings. The average molecular weight is 340 g/mol. The van der Waals surface area contributed by atoms with Crippen LogP contribution in [0.25, 0.3) is 0 Å². The molecule has 1 saturated carbocycles. The van der Waals surface area contributed by atoms with E-state index in [1.807, 2.05) is 18.2 Å². The van der Waals surface area contributed by atoms with Crippen molar-refractivity contribution < 1.29 is 0 Å². The van der Waals surface area contributed by atoms with Gasteiger partial charge in [-0.05, 0) is 30.0 Å². The van der Waals surface area contributed by atoms with Crippen molar-refractivity contribution in [3.05, 3.63) is 70.2 Å². The maximum atomic E-state index is 6.26. The smallest absolute Gasteiger partial charge is 0.0824 e. The lowest BCUT2D eigenvalue weighted by atomic mass is 9.95. The fourth-order valence-electron chi connectivity index (χ4n) is 3.21. The van der Waals surface area contributed by atoms with Crippen molar-refractivity contribution in [1.82, 2.24) is 0 Å². The molecule has 2 aliphatic rings. The van der Waals surface area contributed by atoms with E-state index in [2.05, 4.69) is 30.3 Å².